The van der Waals surface area contributed by atoms with Crippen LogP contribution in [0.2, 0.25) is 10.0 Å². The number of rotatable bonds is 4. The zero-order valence-corrected chi connectivity index (χ0v) is 17.7. The van der Waals surface area contributed by atoms with E-state index in [0.717, 1.165) is 16.8 Å². The van der Waals surface area contributed by atoms with Crippen LogP contribution in [0, 0.1) is 0 Å². The van der Waals surface area contributed by atoms with Crippen molar-refractivity contribution < 1.29 is 8.42 Å². The van der Waals surface area contributed by atoms with E-state index in [1.165, 1.54) is 6.26 Å². The van der Waals surface area contributed by atoms with Gasteiger partial charge in [0.2, 0.25) is 0 Å². The average Bonchev–Trinajstić information content (AvgIpc) is 3.17. The summed E-state index contributed by atoms with van der Waals surface area (Å²) in [5, 5.41) is 1.05. The van der Waals surface area contributed by atoms with Crippen LogP contribution in [0.5, 0.6) is 0 Å². The van der Waals surface area contributed by atoms with Crippen molar-refractivity contribution in [3.63, 3.8) is 0 Å². The number of nitrogens with zero attached hydrogens (tertiary/aromatic N) is 2. The number of aromatic nitrogens is 2. The molecule has 0 N–H and O–H groups in total. The number of benzene rings is 3. The van der Waals surface area contributed by atoms with Crippen LogP contribution in [-0.4, -0.2) is 24.2 Å². The van der Waals surface area contributed by atoms with E-state index >= 15 is 0 Å². The summed E-state index contributed by atoms with van der Waals surface area (Å²) in [4.78, 5) is 4.73. The Hall–Kier alpha value is -2.60. The smallest absolute Gasteiger partial charge is 0.175 e. The molecule has 0 saturated carbocycles. The highest BCUT2D eigenvalue weighted by Gasteiger charge is 2.15. The van der Waals surface area contributed by atoms with E-state index in [4.69, 9.17) is 23.2 Å². The van der Waals surface area contributed by atoms with Gasteiger partial charge in [-0.05, 0) is 47.5 Å². The van der Waals surface area contributed by atoms with E-state index in [1.807, 2.05) is 41.1 Å². The summed E-state index contributed by atoms with van der Waals surface area (Å²) in [6.07, 6.45) is 4.74. The van der Waals surface area contributed by atoms with Gasteiger partial charge in [-0.2, -0.15) is 0 Å². The quantitative estimate of drug-likeness (QED) is 0.394. The largest absolute Gasteiger partial charge is 0.300 e. The molecule has 4 aromatic rings. The van der Waals surface area contributed by atoms with E-state index in [-0.39, 0.29) is 0 Å². The van der Waals surface area contributed by atoms with Crippen LogP contribution in [0.1, 0.15) is 0 Å². The molecule has 0 fully saturated rings. The highest BCUT2D eigenvalue weighted by atomic mass is 35.5. The van der Waals surface area contributed by atoms with Crippen molar-refractivity contribution in [2.75, 3.05) is 6.26 Å². The van der Waals surface area contributed by atoms with Crippen LogP contribution in [0.3, 0.4) is 0 Å². The Morgan fingerprint density at radius 1 is 0.862 bits per heavy atom. The molecular formula is C22H16Cl2N2O2S. The zero-order chi connectivity index (χ0) is 20.6. The lowest BCUT2D eigenvalue weighted by molar-refractivity contribution is 0.602. The summed E-state index contributed by atoms with van der Waals surface area (Å²) >= 11 is 12.7. The van der Waals surface area contributed by atoms with Crippen molar-refractivity contribution in [3.8, 4) is 28.2 Å². The number of sulfone groups is 1. The Balaban J connectivity index is 1.73. The molecule has 0 unspecified atom stereocenters. The van der Waals surface area contributed by atoms with Crippen LogP contribution < -0.4 is 0 Å². The maximum absolute atomic E-state index is 11.8. The minimum absolute atomic E-state index is 0.296. The van der Waals surface area contributed by atoms with Gasteiger partial charge in [0.05, 0.1) is 20.5 Å². The fourth-order valence-corrected chi connectivity index (χ4v) is 4.36. The minimum atomic E-state index is -3.26. The Bertz CT molecular complexity index is 1280. The summed E-state index contributed by atoms with van der Waals surface area (Å²) in [5.41, 5.74) is 3.30. The van der Waals surface area contributed by atoms with Gasteiger partial charge in [0.15, 0.2) is 9.84 Å². The lowest BCUT2D eigenvalue weighted by Gasteiger charge is -2.12. The summed E-state index contributed by atoms with van der Waals surface area (Å²) in [6, 6.07) is 20.0. The van der Waals surface area contributed by atoms with Gasteiger partial charge in [0.1, 0.15) is 5.82 Å². The van der Waals surface area contributed by atoms with Gasteiger partial charge < -0.3 is 0 Å². The summed E-state index contributed by atoms with van der Waals surface area (Å²) < 4.78 is 25.5. The second-order valence-corrected chi connectivity index (χ2v) is 9.39. The molecule has 0 aliphatic heterocycles. The fourth-order valence-electron chi connectivity index (χ4n) is 3.13. The van der Waals surface area contributed by atoms with Crippen LogP contribution in [-0.2, 0) is 9.84 Å². The SMILES string of the molecule is CS(=O)(=O)c1cccc(-c2ccc(-n3ccnc3-c3c(Cl)cccc3Cl)cc2)c1. The Labute approximate surface area is 179 Å². The summed E-state index contributed by atoms with van der Waals surface area (Å²) in [5.74, 6) is 0.646. The van der Waals surface area contributed by atoms with E-state index < -0.39 is 9.84 Å². The normalized spacial score (nSPS) is 11.6. The number of imidazole rings is 1. The predicted molar refractivity (Wildman–Crippen MR) is 118 cm³/mol. The molecule has 0 aliphatic rings. The molecule has 0 radical (unpaired) electrons. The number of hydrogen-bond acceptors (Lipinski definition) is 3. The van der Waals surface area contributed by atoms with Crippen LogP contribution in [0.4, 0.5) is 0 Å². The van der Waals surface area contributed by atoms with E-state index in [0.29, 0.717) is 26.3 Å². The van der Waals surface area contributed by atoms with Gasteiger partial charge in [0.25, 0.3) is 0 Å². The van der Waals surface area contributed by atoms with Crippen LogP contribution in [0.25, 0.3) is 28.2 Å². The molecule has 0 amide bonds. The zero-order valence-electron chi connectivity index (χ0n) is 15.4. The van der Waals surface area contributed by atoms with Gasteiger partial charge in [-0.3, -0.25) is 4.57 Å². The van der Waals surface area contributed by atoms with Crippen molar-refractivity contribution in [1.82, 2.24) is 9.55 Å². The monoisotopic (exact) mass is 442 g/mol. The third kappa shape index (κ3) is 3.94. The van der Waals surface area contributed by atoms with Crippen molar-refractivity contribution in [3.05, 3.63) is 89.2 Å². The molecule has 0 atom stereocenters. The molecule has 0 spiro atoms. The molecule has 146 valence electrons. The van der Waals surface area contributed by atoms with Crippen molar-refractivity contribution in [1.29, 1.82) is 0 Å². The standard InChI is InChI=1S/C22H16Cl2N2O2S/c1-29(27,28)18-5-2-4-16(14-18)15-8-10-17(11-9-15)26-13-12-25-22(26)21-19(23)6-3-7-20(21)24/h2-14H,1H3. The molecule has 4 rings (SSSR count). The first-order valence-corrected chi connectivity index (χ1v) is 11.4. The van der Waals surface area contributed by atoms with E-state index in [1.54, 1.807) is 42.6 Å². The van der Waals surface area contributed by atoms with Crippen molar-refractivity contribution in [2.45, 2.75) is 4.90 Å². The molecule has 0 bridgehead atoms. The molecule has 29 heavy (non-hydrogen) atoms. The minimum Gasteiger partial charge on any atom is -0.300 e. The van der Waals surface area contributed by atoms with Gasteiger partial charge in [-0.1, -0.05) is 53.5 Å². The Morgan fingerprint density at radius 3 is 2.17 bits per heavy atom. The highest BCUT2D eigenvalue weighted by molar-refractivity contribution is 7.90. The molecule has 1 heterocycles. The first-order chi connectivity index (χ1) is 13.8. The molecule has 7 heteroatoms. The Kier molecular flexibility index (Phi) is 5.21. The second-order valence-electron chi connectivity index (χ2n) is 6.56. The van der Waals surface area contributed by atoms with Crippen LogP contribution in [0.15, 0.2) is 84.0 Å². The van der Waals surface area contributed by atoms with E-state index in [9.17, 15) is 8.42 Å². The topological polar surface area (TPSA) is 52.0 Å². The molecule has 0 saturated heterocycles. The van der Waals surface area contributed by atoms with Crippen molar-refractivity contribution >= 4 is 33.0 Å². The molecule has 1 aromatic heterocycles. The van der Waals surface area contributed by atoms with Gasteiger partial charge in [0, 0.05) is 24.3 Å². The summed E-state index contributed by atoms with van der Waals surface area (Å²) in [6.45, 7) is 0. The Morgan fingerprint density at radius 2 is 1.52 bits per heavy atom. The third-order valence-corrected chi connectivity index (χ3v) is 6.31. The lowest BCUT2D eigenvalue weighted by atomic mass is 10.1. The van der Waals surface area contributed by atoms with Crippen LogP contribution >= 0.6 is 23.2 Å². The maximum atomic E-state index is 11.8. The third-order valence-electron chi connectivity index (χ3n) is 4.57. The van der Waals surface area contributed by atoms with Gasteiger partial charge >= 0.3 is 0 Å². The number of hydrogen-bond donors (Lipinski definition) is 0. The fraction of sp³-hybridized carbons (Fsp3) is 0.0455. The molecule has 3 aromatic carbocycles. The lowest BCUT2D eigenvalue weighted by Crippen LogP contribution is -1.98. The highest BCUT2D eigenvalue weighted by Crippen LogP contribution is 2.35. The first-order valence-electron chi connectivity index (χ1n) is 8.73. The molecular weight excluding hydrogens is 427 g/mol. The predicted octanol–water partition coefficient (Wildman–Crippen LogP) is 5.92. The second kappa shape index (κ2) is 7.67. The summed E-state index contributed by atoms with van der Waals surface area (Å²) in [7, 11) is -3.26. The number of halogens is 2. The van der Waals surface area contributed by atoms with E-state index in [2.05, 4.69) is 4.98 Å². The maximum Gasteiger partial charge on any atom is 0.175 e. The molecule has 4 nitrogen and oxygen atoms in total. The average molecular weight is 443 g/mol. The van der Waals surface area contributed by atoms with Gasteiger partial charge in [-0.25, -0.2) is 13.4 Å². The molecule has 0 aliphatic carbocycles. The van der Waals surface area contributed by atoms with Crippen molar-refractivity contribution in [2.24, 2.45) is 0 Å². The first kappa shape index (κ1) is 19.7. The van der Waals surface area contributed by atoms with Gasteiger partial charge in [-0.15, -0.1) is 0 Å².